The molecule has 4 aliphatic rings. The highest BCUT2D eigenvalue weighted by Crippen LogP contribution is 2.40. The van der Waals surface area contributed by atoms with Crippen LogP contribution in [0.5, 0.6) is 5.75 Å². The molecule has 4 aromatic rings. The quantitative estimate of drug-likeness (QED) is 0.369. The van der Waals surface area contributed by atoms with Crippen LogP contribution >= 0.6 is 0 Å². The van der Waals surface area contributed by atoms with Crippen LogP contribution in [0.25, 0.3) is 33.6 Å². The number of rotatable bonds is 3. The predicted molar refractivity (Wildman–Crippen MR) is 170 cm³/mol. The molecule has 2 N–H and O–H groups in total. The van der Waals surface area contributed by atoms with Crippen LogP contribution < -0.4 is 10.5 Å². The lowest BCUT2D eigenvalue weighted by Gasteiger charge is -2.25. The minimum atomic E-state index is -0.0204. The highest BCUT2D eigenvalue weighted by molar-refractivity contribution is 6.00. The van der Waals surface area contributed by atoms with E-state index in [2.05, 4.69) is 27.3 Å². The van der Waals surface area contributed by atoms with Crippen molar-refractivity contribution in [3.05, 3.63) is 41.6 Å². The molecule has 11 nitrogen and oxygen atoms in total. The van der Waals surface area contributed by atoms with Gasteiger partial charge in [0.1, 0.15) is 16.9 Å². The maximum Gasteiger partial charge on any atom is 0.254 e. The minimum absolute atomic E-state index is 0.00325. The van der Waals surface area contributed by atoms with Gasteiger partial charge in [0.15, 0.2) is 5.82 Å². The van der Waals surface area contributed by atoms with Crippen LogP contribution in [-0.4, -0.2) is 85.7 Å². The molecule has 0 saturated carbocycles. The summed E-state index contributed by atoms with van der Waals surface area (Å²) in [7, 11) is 3.64. The van der Waals surface area contributed by atoms with Gasteiger partial charge in [0.05, 0.1) is 43.1 Å². The Labute approximate surface area is 262 Å². The molecule has 2 amide bonds. The van der Waals surface area contributed by atoms with Crippen molar-refractivity contribution in [1.29, 1.82) is 0 Å². The number of fused-ring (bicyclic) bond motifs is 6. The Bertz CT molecular complexity index is 1810. The summed E-state index contributed by atoms with van der Waals surface area (Å²) in [6.07, 6.45) is 6.92. The molecule has 0 unspecified atom stereocenters. The third-order valence-electron chi connectivity index (χ3n) is 10.5. The summed E-state index contributed by atoms with van der Waals surface area (Å²) in [4.78, 5) is 41.2. The van der Waals surface area contributed by atoms with Crippen LogP contribution in [0, 0.1) is 0 Å². The molecule has 7 heterocycles. The van der Waals surface area contributed by atoms with Gasteiger partial charge in [-0.1, -0.05) is 0 Å². The van der Waals surface area contributed by atoms with E-state index in [1.54, 1.807) is 7.11 Å². The number of hydrogen-bond donors (Lipinski definition) is 1. The van der Waals surface area contributed by atoms with Gasteiger partial charge in [-0.15, -0.1) is 0 Å². The molecule has 236 valence electrons. The van der Waals surface area contributed by atoms with Gasteiger partial charge in [-0.25, -0.2) is 9.97 Å². The molecule has 1 aromatic carbocycles. The summed E-state index contributed by atoms with van der Waals surface area (Å²) < 4.78 is 16.0. The van der Waals surface area contributed by atoms with E-state index in [1.807, 2.05) is 29.0 Å². The number of hydrogen-bond acceptors (Lipinski definition) is 7. The fourth-order valence-electron chi connectivity index (χ4n) is 8.31. The van der Waals surface area contributed by atoms with Crippen molar-refractivity contribution < 1.29 is 19.1 Å². The molecule has 4 atom stereocenters. The van der Waals surface area contributed by atoms with Gasteiger partial charge in [0.25, 0.3) is 5.91 Å². The zero-order valence-electron chi connectivity index (χ0n) is 26.1. The predicted octanol–water partition coefficient (Wildman–Crippen LogP) is 4.17. The second-order valence-corrected chi connectivity index (χ2v) is 13.1. The Balaban J connectivity index is 1.23. The van der Waals surface area contributed by atoms with E-state index >= 15 is 0 Å². The molecule has 11 heteroatoms. The van der Waals surface area contributed by atoms with E-state index in [-0.39, 0.29) is 36.0 Å². The zero-order chi connectivity index (χ0) is 30.8. The summed E-state index contributed by atoms with van der Waals surface area (Å²) in [5.41, 5.74) is 11.3. The van der Waals surface area contributed by atoms with Crippen molar-refractivity contribution in [2.75, 3.05) is 26.9 Å². The maximum atomic E-state index is 13.8. The third-order valence-corrected chi connectivity index (χ3v) is 10.5. The van der Waals surface area contributed by atoms with E-state index in [0.717, 1.165) is 91.8 Å². The summed E-state index contributed by atoms with van der Waals surface area (Å²) in [6.45, 7) is 2.59. The van der Waals surface area contributed by atoms with Crippen molar-refractivity contribution in [1.82, 2.24) is 28.9 Å². The van der Waals surface area contributed by atoms with Gasteiger partial charge in [-0.05, 0) is 75.3 Å². The monoisotopic (exact) mass is 611 g/mol. The Morgan fingerprint density at radius 2 is 1.93 bits per heavy atom. The molecule has 3 fully saturated rings. The zero-order valence-corrected chi connectivity index (χ0v) is 26.1. The highest BCUT2D eigenvalue weighted by atomic mass is 16.5. The number of nitrogens with two attached hydrogens (primary N) is 1. The molecule has 4 aliphatic heterocycles. The first kappa shape index (κ1) is 28.5. The molecule has 4 bridgehead atoms. The van der Waals surface area contributed by atoms with Crippen molar-refractivity contribution in [2.45, 2.75) is 82.1 Å². The molecular weight excluding hydrogens is 570 g/mol. The average Bonchev–Trinajstić information content (AvgIpc) is 3.87. The largest absolute Gasteiger partial charge is 0.494 e. The summed E-state index contributed by atoms with van der Waals surface area (Å²) in [5, 5.41) is 1.03. The number of ether oxygens (including phenoxy) is 2. The molecule has 8 rings (SSSR count). The van der Waals surface area contributed by atoms with E-state index in [9.17, 15) is 9.59 Å². The van der Waals surface area contributed by atoms with Gasteiger partial charge >= 0.3 is 0 Å². The first-order valence-electron chi connectivity index (χ1n) is 16.4. The Morgan fingerprint density at radius 1 is 1.04 bits per heavy atom. The van der Waals surface area contributed by atoms with Crippen molar-refractivity contribution >= 4 is 33.9 Å². The summed E-state index contributed by atoms with van der Waals surface area (Å²) in [6, 6.07) is 10.4. The number of nitrogens with zero attached hydrogens (tertiary/aromatic N) is 6. The van der Waals surface area contributed by atoms with E-state index in [1.165, 1.54) is 0 Å². The van der Waals surface area contributed by atoms with E-state index in [0.29, 0.717) is 36.5 Å². The van der Waals surface area contributed by atoms with Gasteiger partial charge in [0.2, 0.25) is 5.91 Å². The fourth-order valence-corrected chi connectivity index (χ4v) is 8.31. The van der Waals surface area contributed by atoms with E-state index in [4.69, 9.17) is 25.2 Å². The van der Waals surface area contributed by atoms with Crippen molar-refractivity contribution in [3.8, 4) is 17.3 Å². The topological polar surface area (TPSA) is 121 Å². The summed E-state index contributed by atoms with van der Waals surface area (Å²) in [5.74, 6) is 1.54. The summed E-state index contributed by atoms with van der Waals surface area (Å²) >= 11 is 0. The SMILES string of the molecule is COc1cc(C(=O)N2[C@H]3CC[C@@H]2[C@H](N)C3)cc2nc(-c3cc4ccc5nc4n3CCCCOCCC(=O)N3CCC[C@H]53)n(C)c12. The Kier molecular flexibility index (Phi) is 7.05. The Morgan fingerprint density at radius 3 is 2.73 bits per heavy atom. The van der Waals surface area contributed by atoms with Crippen LogP contribution in [-0.2, 0) is 23.1 Å². The average molecular weight is 612 g/mol. The first-order chi connectivity index (χ1) is 21.9. The number of benzene rings is 1. The minimum Gasteiger partial charge on any atom is -0.494 e. The maximum absolute atomic E-state index is 13.8. The highest BCUT2D eigenvalue weighted by Gasteiger charge is 2.47. The standard InChI is InChI=1S/C34H41N7O4/c1-38-31-25(16-21(18-29(31)44-2)34(43)41-22-8-10-26(41)23(35)19-22)37-33(38)28-17-20-7-9-24-27-6-5-13-39(27)30(42)11-15-45-14-4-3-12-40(28)32(20)36-24/h7,9,16-18,22-23,26-27H,3-6,8,10-15,19,35H2,1-2H3/t22-,23+,26+,27+/m0/s1. The molecule has 0 aliphatic carbocycles. The second kappa shape index (κ2) is 11.1. The van der Waals surface area contributed by atoms with Crippen LogP contribution in [0.4, 0.5) is 0 Å². The van der Waals surface area contributed by atoms with Crippen LogP contribution in [0.15, 0.2) is 30.3 Å². The van der Waals surface area contributed by atoms with Crippen molar-refractivity contribution in [3.63, 3.8) is 0 Å². The number of imidazole rings is 1. The van der Waals surface area contributed by atoms with Crippen LogP contribution in [0.1, 0.15) is 73.5 Å². The molecule has 0 radical (unpaired) electrons. The number of pyridine rings is 1. The normalized spacial score (nSPS) is 25.4. The number of carbonyl (C=O) groups excluding carboxylic acids is 2. The molecule has 45 heavy (non-hydrogen) atoms. The van der Waals surface area contributed by atoms with Gasteiger partial charge in [-0.2, -0.15) is 0 Å². The number of aromatic nitrogens is 4. The molecule has 3 saturated heterocycles. The lowest BCUT2D eigenvalue weighted by atomic mass is 9.97. The smallest absolute Gasteiger partial charge is 0.254 e. The van der Waals surface area contributed by atoms with Gasteiger partial charge in [0, 0.05) is 55.8 Å². The van der Waals surface area contributed by atoms with Crippen LogP contribution in [0.3, 0.4) is 0 Å². The van der Waals surface area contributed by atoms with Gasteiger partial charge < -0.3 is 34.1 Å². The number of methoxy groups -OCH3 is 1. The lowest BCUT2D eigenvalue weighted by Crippen LogP contribution is -2.40. The van der Waals surface area contributed by atoms with Gasteiger partial charge in [-0.3, -0.25) is 9.59 Å². The molecular formula is C34H41N7O4. The van der Waals surface area contributed by atoms with Crippen LogP contribution in [0.2, 0.25) is 0 Å². The molecule has 0 spiro atoms. The third kappa shape index (κ3) is 4.62. The number of aryl methyl sites for hydroxylation is 2. The fraction of sp³-hybridized carbons (Fsp3) is 0.529. The van der Waals surface area contributed by atoms with Crippen molar-refractivity contribution in [2.24, 2.45) is 12.8 Å². The Hall–Kier alpha value is -3.96. The first-order valence-corrected chi connectivity index (χ1v) is 16.4. The molecule has 3 aromatic heterocycles. The second-order valence-electron chi connectivity index (χ2n) is 13.1. The lowest BCUT2D eigenvalue weighted by molar-refractivity contribution is -0.133. The van der Waals surface area contributed by atoms with E-state index < -0.39 is 0 Å². The number of carbonyl (C=O) groups is 2. The number of amides is 2.